The maximum Gasteiger partial charge on any atom is 0.239 e. The van der Waals surface area contributed by atoms with Crippen molar-refractivity contribution in [2.24, 2.45) is 5.41 Å². The van der Waals surface area contributed by atoms with Crippen molar-refractivity contribution in [3.8, 4) is 0 Å². The van der Waals surface area contributed by atoms with E-state index in [4.69, 9.17) is 23.8 Å². The molecular weight excluding hydrogens is 294 g/mol. The fourth-order valence-electron chi connectivity index (χ4n) is 1.35. The average Bonchev–Trinajstić information content (AvgIpc) is 2.39. The van der Waals surface area contributed by atoms with Crippen molar-refractivity contribution >= 4 is 40.5 Å². The van der Waals surface area contributed by atoms with Crippen LogP contribution in [0.25, 0.3) is 0 Å². The van der Waals surface area contributed by atoms with Gasteiger partial charge in [-0.25, -0.2) is 0 Å². The normalized spacial score (nSPS) is 10.6. The number of carbonyl (C=O) groups is 1. The van der Waals surface area contributed by atoms with Crippen LogP contribution in [-0.4, -0.2) is 11.0 Å². The minimum atomic E-state index is -0.253. The average molecular weight is 312 g/mol. The van der Waals surface area contributed by atoms with Crippen LogP contribution in [0.4, 0.5) is 5.69 Å². The standard InChI is InChI=1S/C14H18ClN3OS/c1-4-14(2,3)9-12(19)17-18-13(20)16-11-7-5-10(15)6-8-11/h4-8H,1,9H2,2-3H3,(H,17,19)(H2,16,18,20). The molecule has 108 valence electrons. The van der Waals surface area contributed by atoms with Gasteiger partial charge in [0.1, 0.15) is 0 Å². The van der Waals surface area contributed by atoms with Crippen LogP contribution in [0.2, 0.25) is 5.02 Å². The lowest BCUT2D eigenvalue weighted by molar-refractivity contribution is -0.123. The highest BCUT2D eigenvalue weighted by Crippen LogP contribution is 2.20. The molecule has 0 saturated heterocycles. The Morgan fingerprint density at radius 3 is 2.50 bits per heavy atom. The summed E-state index contributed by atoms with van der Waals surface area (Å²) in [5.41, 5.74) is 5.72. The first-order chi connectivity index (χ1) is 9.32. The predicted octanol–water partition coefficient (Wildman–Crippen LogP) is 3.26. The molecule has 1 aromatic carbocycles. The molecule has 0 bridgehead atoms. The number of nitrogens with one attached hydrogen (secondary N) is 3. The number of allylic oxidation sites excluding steroid dienone is 1. The highest BCUT2D eigenvalue weighted by atomic mass is 35.5. The van der Waals surface area contributed by atoms with E-state index in [0.29, 0.717) is 16.6 Å². The molecule has 1 amide bonds. The molecule has 4 nitrogen and oxygen atoms in total. The number of benzene rings is 1. The Labute approximate surface area is 129 Å². The Balaban J connectivity index is 2.38. The van der Waals surface area contributed by atoms with E-state index in [9.17, 15) is 4.79 Å². The van der Waals surface area contributed by atoms with Crippen molar-refractivity contribution in [3.05, 3.63) is 41.9 Å². The molecule has 0 aromatic heterocycles. The lowest BCUT2D eigenvalue weighted by Crippen LogP contribution is -2.44. The first-order valence-electron chi connectivity index (χ1n) is 6.07. The SMILES string of the molecule is C=CC(C)(C)CC(=O)NNC(=S)Nc1ccc(Cl)cc1. The van der Waals surface area contributed by atoms with Crippen molar-refractivity contribution in [1.82, 2.24) is 10.9 Å². The van der Waals surface area contributed by atoms with Gasteiger partial charge in [0.15, 0.2) is 5.11 Å². The summed E-state index contributed by atoms with van der Waals surface area (Å²) < 4.78 is 0. The number of hydrazine groups is 1. The molecule has 6 heteroatoms. The molecule has 0 fully saturated rings. The molecule has 1 aromatic rings. The van der Waals surface area contributed by atoms with Gasteiger partial charge >= 0.3 is 0 Å². The monoisotopic (exact) mass is 311 g/mol. The van der Waals surface area contributed by atoms with Crippen molar-refractivity contribution < 1.29 is 4.79 Å². The van der Waals surface area contributed by atoms with Gasteiger partial charge in [-0.05, 0) is 41.9 Å². The van der Waals surface area contributed by atoms with E-state index in [1.54, 1.807) is 30.3 Å². The lowest BCUT2D eigenvalue weighted by Gasteiger charge is -2.19. The predicted molar refractivity (Wildman–Crippen MR) is 87.5 cm³/mol. The first-order valence-corrected chi connectivity index (χ1v) is 6.86. The molecule has 0 aliphatic carbocycles. The number of carbonyl (C=O) groups excluding carboxylic acids is 1. The highest BCUT2D eigenvalue weighted by Gasteiger charge is 2.17. The number of anilines is 1. The van der Waals surface area contributed by atoms with Gasteiger partial charge < -0.3 is 5.32 Å². The summed E-state index contributed by atoms with van der Waals surface area (Å²) in [5, 5.41) is 3.88. The van der Waals surface area contributed by atoms with Crippen molar-refractivity contribution in [2.45, 2.75) is 20.3 Å². The zero-order valence-electron chi connectivity index (χ0n) is 11.5. The fourth-order valence-corrected chi connectivity index (χ4v) is 1.65. The van der Waals surface area contributed by atoms with Gasteiger partial charge in [0, 0.05) is 17.1 Å². The molecule has 0 heterocycles. The Morgan fingerprint density at radius 1 is 1.35 bits per heavy atom. The summed E-state index contributed by atoms with van der Waals surface area (Å²) >= 11 is 10.9. The number of hydrogen-bond donors (Lipinski definition) is 3. The van der Waals surface area contributed by atoms with E-state index in [-0.39, 0.29) is 11.3 Å². The van der Waals surface area contributed by atoms with Gasteiger partial charge in [0.05, 0.1) is 0 Å². The molecule has 0 radical (unpaired) electrons. The molecule has 0 atom stereocenters. The van der Waals surface area contributed by atoms with E-state index >= 15 is 0 Å². The number of thiocarbonyl (C=S) groups is 1. The number of halogens is 1. The van der Waals surface area contributed by atoms with Crippen LogP contribution in [-0.2, 0) is 4.79 Å². The molecule has 0 aliphatic rings. The Kier molecular flexibility index (Phi) is 5.98. The lowest BCUT2D eigenvalue weighted by atomic mass is 9.89. The van der Waals surface area contributed by atoms with Crippen molar-refractivity contribution in [3.63, 3.8) is 0 Å². The van der Waals surface area contributed by atoms with Gasteiger partial charge in [0.2, 0.25) is 5.91 Å². The maximum atomic E-state index is 11.7. The topological polar surface area (TPSA) is 53.2 Å². The van der Waals surface area contributed by atoms with E-state index in [1.165, 1.54) is 0 Å². The quantitative estimate of drug-likeness (QED) is 0.454. The van der Waals surface area contributed by atoms with Gasteiger partial charge in [-0.2, -0.15) is 0 Å². The molecule has 0 unspecified atom stereocenters. The molecule has 0 spiro atoms. The van der Waals surface area contributed by atoms with Crippen LogP contribution in [0.3, 0.4) is 0 Å². The van der Waals surface area contributed by atoms with Crippen molar-refractivity contribution in [2.75, 3.05) is 5.32 Å². The van der Waals surface area contributed by atoms with Crippen LogP contribution in [0.15, 0.2) is 36.9 Å². The number of hydrogen-bond acceptors (Lipinski definition) is 2. The Bertz CT molecular complexity index is 500. The van der Waals surface area contributed by atoms with E-state index in [0.717, 1.165) is 5.69 Å². The van der Waals surface area contributed by atoms with E-state index in [2.05, 4.69) is 22.7 Å². The second-order valence-corrected chi connectivity index (χ2v) is 5.85. The molecular formula is C14H18ClN3OS. The minimum Gasteiger partial charge on any atom is -0.331 e. The summed E-state index contributed by atoms with van der Waals surface area (Å²) in [6.07, 6.45) is 2.07. The fraction of sp³-hybridized carbons (Fsp3) is 0.286. The zero-order valence-corrected chi connectivity index (χ0v) is 13.1. The molecule has 0 aliphatic heterocycles. The van der Waals surface area contributed by atoms with Crippen molar-refractivity contribution in [1.29, 1.82) is 0 Å². The summed E-state index contributed by atoms with van der Waals surface area (Å²) in [5.74, 6) is -0.157. The van der Waals surface area contributed by atoms with E-state index in [1.807, 2.05) is 13.8 Å². The Hall–Kier alpha value is -1.59. The zero-order chi connectivity index (χ0) is 15.2. The van der Waals surface area contributed by atoms with Crippen LogP contribution < -0.4 is 16.2 Å². The summed E-state index contributed by atoms with van der Waals surface area (Å²) in [6, 6.07) is 7.08. The molecule has 3 N–H and O–H groups in total. The van der Waals surface area contributed by atoms with Gasteiger partial charge in [-0.1, -0.05) is 31.5 Å². The first kappa shape index (κ1) is 16.5. The second kappa shape index (κ2) is 7.26. The largest absolute Gasteiger partial charge is 0.331 e. The Morgan fingerprint density at radius 2 is 1.95 bits per heavy atom. The minimum absolute atomic E-state index is 0.157. The smallest absolute Gasteiger partial charge is 0.239 e. The third-order valence-corrected chi connectivity index (χ3v) is 3.04. The molecule has 20 heavy (non-hydrogen) atoms. The van der Waals surface area contributed by atoms with Gasteiger partial charge in [-0.15, -0.1) is 6.58 Å². The summed E-state index contributed by atoms with van der Waals surface area (Å²) in [4.78, 5) is 11.7. The maximum absolute atomic E-state index is 11.7. The van der Waals surface area contributed by atoms with Crippen LogP contribution in [0, 0.1) is 5.41 Å². The number of rotatable bonds is 4. The summed E-state index contributed by atoms with van der Waals surface area (Å²) in [6.45, 7) is 7.56. The van der Waals surface area contributed by atoms with Gasteiger partial charge in [0.25, 0.3) is 0 Å². The van der Waals surface area contributed by atoms with E-state index < -0.39 is 0 Å². The van der Waals surface area contributed by atoms with Gasteiger partial charge in [-0.3, -0.25) is 15.6 Å². The second-order valence-electron chi connectivity index (χ2n) is 5.00. The summed E-state index contributed by atoms with van der Waals surface area (Å²) in [7, 11) is 0. The van der Waals surface area contributed by atoms with Crippen LogP contribution in [0.1, 0.15) is 20.3 Å². The number of amides is 1. The van der Waals surface area contributed by atoms with Crippen LogP contribution >= 0.6 is 23.8 Å². The molecule has 0 saturated carbocycles. The third kappa shape index (κ3) is 6.04. The highest BCUT2D eigenvalue weighted by molar-refractivity contribution is 7.80. The third-order valence-electron chi connectivity index (χ3n) is 2.59. The van der Waals surface area contributed by atoms with Crippen LogP contribution in [0.5, 0.6) is 0 Å². The molecule has 1 rings (SSSR count).